The molecule has 3 aromatic heterocycles. The minimum absolute atomic E-state index is 0.837. The van der Waals surface area contributed by atoms with Crippen LogP contribution in [-0.2, 0) is 0 Å². The van der Waals surface area contributed by atoms with Gasteiger partial charge in [-0.25, -0.2) is 0 Å². The molecule has 4 heteroatoms. The quantitative estimate of drug-likeness (QED) is 0.192. The molecule has 0 spiro atoms. The van der Waals surface area contributed by atoms with Gasteiger partial charge in [-0.05, 0) is 60.0 Å². The molecule has 0 saturated carbocycles. The molecule has 0 radical (unpaired) electrons. The van der Waals surface area contributed by atoms with Crippen molar-refractivity contribution in [2.24, 2.45) is 0 Å². The van der Waals surface area contributed by atoms with Crippen LogP contribution >= 0.6 is 0 Å². The first-order valence-electron chi connectivity index (χ1n) is 16.9. The number of furan rings is 2. The predicted octanol–water partition coefficient (Wildman–Crippen LogP) is 13.2. The van der Waals surface area contributed by atoms with Crippen LogP contribution in [0.4, 0.5) is 17.1 Å². The van der Waals surface area contributed by atoms with Crippen LogP contribution in [-0.4, -0.2) is 4.57 Å². The molecule has 3 heterocycles. The molecule has 0 aliphatic heterocycles. The Morgan fingerprint density at radius 2 is 1.04 bits per heavy atom. The first-order chi connectivity index (χ1) is 24.8. The Bertz CT molecular complexity index is 3110. The summed E-state index contributed by atoms with van der Waals surface area (Å²) in [5.74, 6) is 0. The number of rotatable bonds is 4. The summed E-state index contributed by atoms with van der Waals surface area (Å²) in [6.45, 7) is 0. The third-order valence-electron chi connectivity index (χ3n) is 10.2. The van der Waals surface area contributed by atoms with Crippen LogP contribution in [0, 0.1) is 0 Å². The molecule has 4 nitrogen and oxygen atoms in total. The van der Waals surface area contributed by atoms with E-state index < -0.39 is 0 Å². The molecule has 0 saturated heterocycles. The molecule has 0 bridgehead atoms. The fraction of sp³-hybridized carbons (Fsp3) is 0. The molecule has 0 fully saturated rings. The molecule has 8 aromatic carbocycles. The topological polar surface area (TPSA) is 34.5 Å². The van der Waals surface area contributed by atoms with Gasteiger partial charge in [0.2, 0.25) is 0 Å². The van der Waals surface area contributed by atoms with Crippen LogP contribution < -0.4 is 4.90 Å². The van der Waals surface area contributed by atoms with Crippen LogP contribution in [0.1, 0.15) is 0 Å². The fourth-order valence-electron chi connectivity index (χ4n) is 7.97. The standard InChI is InChI=1S/C46H28N2O2/c1-2-13-30(14-3-1)48-39-20-8-6-16-33(39)36-18-10-21-40(44(36)48)47(41-22-11-19-37-34-17-7-9-23-42(34)49-46(37)41)31-25-27-35-38-26-24-29-12-4-5-15-32(29)45(38)50-43(35)28-31/h1-28H. The highest BCUT2D eigenvalue weighted by atomic mass is 16.3. The van der Waals surface area contributed by atoms with Crippen LogP contribution in [0.5, 0.6) is 0 Å². The molecule has 0 aliphatic rings. The Kier molecular flexibility index (Phi) is 5.63. The Morgan fingerprint density at radius 1 is 0.400 bits per heavy atom. The maximum absolute atomic E-state index is 6.74. The van der Waals surface area contributed by atoms with Crippen molar-refractivity contribution in [3.8, 4) is 5.69 Å². The van der Waals surface area contributed by atoms with Crippen molar-refractivity contribution in [2.45, 2.75) is 0 Å². The lowest BCUT2D eigenvalue weighted by molar-refractivity contribution is 0.668. The van der Waals surface area contributed by atoms with E-state index in [0.717, 1.165) is 88.4 Å². The van der Waals surface area contributed by atoms with Crippen molar-refractivity contribution in [1.29, 1.82) is 0 Å². The lowest BCUT2D eigenvalue weighted by Crippen LogP contribution is -2.12. The number of anilines is 3. The molecule has 0 N–H and O–H groups in total. The number of para-hydroxylation sites is 5. The third-order valence-corrected chi connectivity index (χ3v) is 10.2. The lowest BCUT2D eigenvalue weighted by Gasteiger charge is -2.27. The zero-order valence-corrected chi connectivity index (χ0v) is 26.9. The van der Waals surface area contributed by atoms with Gasteiger partial charge in [0.15, 0.2) is 5.58 Å². The van der Waals surface area contributed by atoms with Crippen molar-refractivity contribution in [3.05, 3.63) is 170 Å². The average Bonchev–Trinajstić information content (AvgIpc) is 3.86. The van der Waals surface area contributed by atoms with Crippen molar-refractivity contribution in [1.82, 2.24) is 4.57 Å². The van der Waals surface area contributed by atoms with Gasteiger partial charge in [-0.3, -0.25) is 0 Å². The summed E-state index contributed by atoms with van der Waals surface area (Å²) in [6.07, 6.45) is 0. The van der Waals surface area contributed by atoms with E-state index in [1.807, 2.05) is 12.1 Å². The van der Waals surface area contributed by atoms with Gasteiger partial charge in [0.25, 0.3) is 0 Å². The normalized spacial score (nSPS) is 12.0. The molecule has 0 amide bonds. The van der Waals surface area contributed by atoms with E-state index in [9.17, 15) is 0 Å². The SMILES string of the molecule is c1ccc(-n2c3ccccc3c3cccc(N(c4ccc5c(c4)oc4c6ccccc6ccc54)c4cccc5c4oc4ccccc45)c32)cc1. The van der Waals surface area contributed by atoms with Crippen molar-refractivity contribution < 1.29 is 8.83 Å². The van der Waals surface area contributed by atoms with E-state index >= 15 is 0 Å². The second kappa shape index (κ2) is 10.4. The van der Waals surface area contributed by atoms with Crippen molar-refractivity contribution >= 4 is 93.5 Å². The number of aromatic nitrogens is 1. The molecule has 11 rings (SSSR count). The summed E-state index contributed by atoms with van der Waals surface area (Å²) in [6, 6.07) is 60.0. The summed E-state index contributed by atoms with van der Waals surface area (Å²) < 4.78 is 15.8. The molecule has 11 aromatic rings. The van der Waals surface area contributed by atoms with E-state index in [1.165, 1.54) is 10.8 Å². The Labute approximate surface area is 286 Å². The minimum Gasteiger partial charge on any atom is -0.455 e. The zero-order valence-electron chi connectivity index (χ0n) is 26.9. The van der Waals surface area contributed by atoms with Gasteiger partial charge in [-0.2, -0.15) is 0 Å². The molecular weight excluding hydrogens is 613 g/mol. The first-order valence-corrected chi connectivity index (χ1v) is 16.9. The summed E-state index contributed by atoms with van der Waals surface area (Å²) in [4.78, 5) is 2.34. The molecule has 0 unspecified atom stereocenters. The summed E-state index contributed by atoms with van der Waals surface area (Å²) in [5, 5.41) is 9.04. The van der Waals surface area contributed by atoms with E-state index in [-0.39, 0.29) is 0 Å². The smallest absolute Gasteiger partial charge is 0.159 e. The highest BCUT2D eigenvalue weighted by molar-refractivity contribution is 6.18. The highest BCUT2D eigenvalue weighted by Gasteiger charge is 2.25. The fourth-order valence-corrected chi connectivity index (χ4v) is 7.97. The van der Waals surface area contributed by atoms with Crippen LogP contribution in [0.2, 0.25) is 0 Å². The summed E-state index contributed by atoms with van der Waals surface area (Å²) in [5.41, 5.74) is 9.80. The third kappa shape index (κ3) is 3.81. The number of hydrogen-bond acceptors (Lipinski definition) is 3. The largest absolute Gasteiger partial charge is 0.455 e. The summed E-state index contributed by atoms with van der Waals surface area (Å²) >= 11 is 0. The average molecular weight is 641 g/mol. The van der Waals surface area contributed by atoms with Gasteiger partial charge in [0.1, 0.15) is 16.7 Å². The molecule has 0 aliphatic carbocycles. The Hall–Kier alpha value is -6.78. The predicted molar refractivity (Wildman–Crippen MR) is 208 cm³/mol. The maximum Gasteiger partial charge on any atom is 0.159 e. The zero-order chi connectivity index (χ0) is 32.8. The number of fused-ring (bicyclic) bond motifs is 11. The van der Waals surface area contributed by atoms with Crippen LogP contribution in [0.25, 0.3) is 82.1 Å². The van der Waals surface area contributed by atoms with E-state index in [0.29, 0.717) is 0 Å². The second-order valence-corrected chi connectivity index (χ2v) is 12.9. The van der Waals surface area contributed by atoms with Gasteiger partial charge >= 0.3 is 0 Å². The number of nitrogens with zero attached hydrogens (tertiary/aromatic N) is 2. The Balaban J connectivity index is 1.26. The maximum atomic E-state index is 6.74. The van der Waals surface area contributed by atoms with Crippen molar-refractivity contribution in [3.63, 3.8) is 0 Å². The highest BCUT2D eigenvalue weighted by Crippen LogP contribution is 2.47. The van der Waals surface area contributed by atoms with Gasteiger partial charge in [0, 0.05) is 49.5 Å². The molecule has 234 valence electrons. The van der Waals surface area contributed by atoms with Gasteiger partial charge in [0.05, 0.1) is 28.1 Å². The first kappa shape index (κ1) is 27.2. The second-order valence-electron chi connectivity index (χ2n) is 12.9. The van der Waals surface area contributed by atoms with Crippen molar-refractivity contribution in [2.75, 3.05) is 4.90 Å². The van der Waals surface area contributed by atoms with Crippen LogP contribution in [0.15, 0.2) is 179 Å². The molecule has 0 atom stereocenters. The minimum atomic E-state index is 0.837. The van der Waals surface area contributed by atoms with Gasteiger partial charge in [-0.15, -0.1) is 0 Å². The van der Waals surface area contributed by atoms with Gasteiger partial charge in [-0.1, -0.05) is 109 Å². The molecule has 50 heavy (non-hydrogen) atoms. The lowest BCUT2D eigenvalue weighted by atomic mass is 10.1. The van der Waals surface area contributed by atoms with E-state index in [4.69, 9.17) is 8.83 Å². The van der Waals surface area contributed by atoms with Crippen LogP contribution in [0.3, 0.4) is 0 Å². The number of hydrogen-bond donors (Lipinski definition) is 0. The van der Waals surface area contributed by atoms with E-state index in [2.05, 4.69) is 167 Å². The molecular formula is C46H28N2O2. The Morgan fingerprint density at radius 3 is 1.94 bits per heavy atom. The van der Waals surface area contributed by atoms with Gasteiger partial charge < -0.3 is 18.3 Å². The number of benzene rings is 8. The monoisotopic (exact) mass is 640 g/mol. The summed E-state index contributed by atoms with van der Waals surface area (Å²) in [7, 11) is 0. The van der Waals surface area contributed by atoms with E-state index in [1.54, 1.807) is 0 Å².